The molecule has 1 fully saturated rings. The van der Waals surface area contributed by atoms with Crippen molar-refractivity contribution < 1.29 is 31.1 Å². The lowest BCUT2D eigenvalue weighted by atomic mass is 9.97. The Morgan fingerprint density at radius 1 is 0.917 bits per heavy atom. The zero-order valence-electron chi connectivity index (χ0n) is 12.5. The first kappa shape index (κ1) is 20.8. The molecule has 0 aliphatic heterocycles. The highest BCUT2D eigenvalue weighted by Crippen LogP contribution is 2.36. The summed E-state index contributed by atoms with van der Waals surface area (Å²) in [6.07, 6.45) is -3.30. The highest BCUT2D eigenvalue weighted by Gasteiger charge is 2.37. The van der Waals surface area contributed by atoms with Crippen molar-refractivity contribution in [3.05, 3.63) is 34.9 Å². The number of carbonyl (C=O) groups is 1. The third kappa shape index (κ3) is 6.68. The van der Waals surface area contributed by atoms with Gasteiger partial charge in [0.1, 0.15) is 0 Å². The largest absolute Gasteiger partial charge is 0.416 e. The highest BCUT2D eigenvalue weighted by molar-refractivity contribution is 6.67. The molecule has 1 aromatic carbocycles. The molecule has 0 radical (unpaired) electrons. The zero-order chi connectivity index (χ0) is 18.5. The maximum absolute atomic E-state index is 12.3. The lowest BCUT2D eigenvalue weighted by Gasteiger charge is -2.15. The molecule has 9 heteroatoms. The van der Waals surface area contributed by atoms with Gasteiger partial charge in [-0.3, -0.25) is 4.79 Å². The predicted octanol–water partition coefficient (Wildman–Crippen LogP) is 5.38. The van der Waals surface area contributed by atoms with Gasteiger partial charge in [0.05, 0.1) is 11.1 Å². The number of hydrogen-bond donors (Lipinski definition) is 1. The minimum atomic E-state index is -4.98. The van der Waals surface area contributed by atoms with Gasteiger partial charge in [0.15, 0.2) is 0 Å². The fourth-order valence-corrected chi connectivity index (χ4v) is 2.31. The number of carbonyl (C=O) groups excluding carboxylic acids is 1. The van der Waals surface area contributed by atoms with Gasteiger partial charge in [-0.05, 0) is 42.6 Å². The van der Waals surface area contributed by atoms with Gasteiger partial charge >= 0.3 is 12.4 Å². The summed E-state index contributed by atoms with van der Waals surface area (Å²) in [6, 6.07) is 0.993. The Morgan fingerprint density at radius 3 is 1.58 bits per heavy atom. The Morgan fingerprint density at radius 2 is 1.33 bits per heavy atom. The highest BCUT2D eigenvalue weighted by atomic mass is 35.5. The van der Waals surface area contributed by atoms with Crippen LogP contribution in [0.5, 0.6) is 0 Å². The lowest BCUT2D eigenvalue weighted by molar-refractivity contribution is -0.143. The van der Waals surface area contributed by atoms with Crippen molar-refractivity contribution in [2.45, 2.75) is 50.5 Å². The normalized spacial score (nSPS) is 16.3. The topological polar surface area (TPSA) is 43.1 Å². The van der Waals surface area contributed by atoms with Crippen molar-refractivity contribution in [1.29, 1.82) is 0 Å². The molecule has 0 unspecified atom stereocenters. The summed E-state index contributed by atoms with van der Waals surface area (Å²) in [5.41, 5.74) is 1.64. The Kier molecular flexibility index (Phi) is 7.10. The molecular formula is C15H16ClF6NO. The van der Waals surface area contributed by atoms with Crippen LogP contribution in [0.2, 0.25) is 0 Å². The first-order valence-electron chi connectivity index (χ1n) is 7.16. The van der Waals surface area contributed by atoms with Crippen LogP contribution in [0.15, 0.2) is 18.2 Å². The second-order valence-electron chi connectivity index (χ2n) is 5.47. The van der Waals surface area contributed by atoms with Crippen LogP contribution in [0.3, 0.4) is 0 Å². The summed E-state index contributed by atoms with van der Waals surface area (Å²) in [5, 5.41) is -1.39. The van der Waals surface area contributed by atoms with Crippen molar-refractivity contribution in [2.24, 2.45) is 5.73 Å². The fraction of sp³-hybridized carbons (Fsp3) is 0.533. The second kappa shape index (κ2) is 8.20. The summed E-state index contributed by atoms with van der Waals surface area (Å²) < 4.78 is 73.7. The van der Waals surface area contributed by atoms with E-state index >= 15 is 0 Å². The van der Waals surface area contributed by atoms with Crippen LogP contribution in [0, 0.1) is 0 Å². The Labute approximate surface area is 140 Å². The van der Waals surface area contributed by atoms with E-state index in [-0.39, 0.29) is 18.2 Å². The summed E-state index contributed by atoms with van der Waals surface area (Å²) in [6.45, 7) is 0. The van der Waals surface area contributed by atoms with Crippen molar-refractivity contribution in [1.82, 2.24) is 0 Å². The maximum atomic E-state index is 12.3. The molecule has 2 N–H and O–H groups in total. The van der Waals surface area contributed by atoms with E-state index in [2.05, 4.69) is 0 Å². The number of nitrogens with two attached hydrogens (primary N) is 1. The molecule has 1 aliphatic rings. The van der Waals surface area contributed by atoms with Crippen LogP contribution < -0.4 is 5.73 Å². The van der Waals surface area contributed by atoms with Crippen molar-refractivity contribution in [2.75, 3.05) is 0 Å². The van der Waals surface area contributed by atoms with E-state index in [0.717, 1.165) is 0 Å². The Hall–Kier alpha value is -1.28. The van der Waals surface area contributed by atoms with Gasteiger partial charge in [-0.25, -0.2) is 0 Å². The van der Waals surface area contributed by atoms with Crippen LogP contribution in [0.1, 0.15) is 53.6 Å². The Bertz CT molecular complexity index is 532. The first-order valence-corrected chi connectivity index (χ1v) is 7.54. The zero-order valence-corrected chi connectivity index (χ0v) is 13.2. The maximum Gasteiger partial charge on any atom is 0.416 e. The average Bonchev–Trinajstić information content (AvgIpc) is 2.46. The summed E-state index contributed by atoms with van der Waals surface area (Å²) in [7, 11) is 0. The molecule has 0 amide bonds. The third-order valence-electron chi connectivity index (χ3n) is 3.46. The molecule has 0 aromatic heterocycles. The van der Waals surface area contributed by atoms with Crippen LogP contribution in [-0.2, 0) is 12.4 Å². The lowest BCUT2D eigenvalue weighted by Crippen LogP contribution is -2.22. The van der Waals surface area contributed by atoms with Gasteiger partial charge in [-0.15, -0.1) is 0 Å². The molecule has 0 heterocycles. The van der Waals surface area contributed by atoms with Gasteiger partial charge in [-0.1, -0.05) is 19.3 Å². The molecule has 0 spiro atoms. The van der Waals surface area contributed by atoms with E-state index in [1.165, 1.54) is 32.1 Å². The van der Waals surface area contributed by atoms with Crippen LogP contribution in [0.4, 0.5) is 26.3 Å². The van der Waals surface area contributed by atoms with Crippen molar-refractivity contribution >= 4 is 16.8 Å². The van der Waals surface area contributed by atoms with E-state index in [0.29, 0.717) is 6.04 Å². The molecule has 136 valence electrons. The molecular weight excluding hydrogens is 360 g/mol. The molecule has 2 rings (SSSR count). The van der Waals surface area contributed by atoms with Crippen molar-refractivity contribution in [3.63, 3.8) is 0 Å². The molecule has 2 nitrogen and oxygen atoms in total. The van der Waals surface area contributed by atoms with Gasteiger partial charge < -0.3 is 5.73 Å². The quantitative estimate of drug-likeness (QED) is 0.529. The van der Waals surface area contributed by atoms with Gasteiger partial charge in [-0.2, -0.15) is 26.3 Å². The van der Waals surface area contributed by atoms with Gasteiger partial charge in [0.2, 0.25) is 0 Å². The van der Waals surface area contributed by atoms with Gasteiger partial charge in [0.25, 0.3) is 5.24 Å². The summed E-state index contributed by atoms with van der Waals surface area (Å²) in [4.78, 5) is 10.6. The Balaban J connectivity index is 0.000000341. The average molecular weight is 376 g/mol. The minimum Gasteiger partial charge on any atom is -0.328 e. The summed E-state index contributed by atoms with van der Waals surface area (Å²) >= 11 is 4.87. The molecule has 0 bridgehead atoms. The fourth-order valence-electron chi connectivity index (χ4n) is 2.20. The minimum absolute atomic E-state index is 0.0800. The smallest absolute Gasteiger partial charge is 0.328 e. The van der Waals surface area contributed by atoms with Crippen LogP contribution in [0.25, 0.3) is 0 Å². The second-order valence-corrected chi connectivity index (χ2v) is 5.81. The van der Waals surface area contributed by atoms with E-state index in [9.17, 15) is 31.1 Å². The molecule has 0 atom stereocenters. The van der Waals surface area contributed by atoms with E-state index < -0.39 is 34.3 Å². The van der Waals surface area contributed by atoms with Crippen LogP contribution >= 0.6 is 11.6 Å². The van der Waals surface area contributed by atoms with E-state index in [4.69, 9.17) is 17.3 Å². The predicted molar refractivity (Wildman–Crippen MR) is 77.7 cm³/mol. The number of benzene rings is 1. The molecule has 1 aromatic rings. The molecule has 1 saturated carbocycles. The van der Waals surface area contributed by atoms with Gasteiger partial charge in [0, 0.05) is 11.6 Å². The standard InChI is InChI=1S/C9H3ClF6O.C6H13N/c10-7(17)4-1-5(8(11,12)13)3-6(2-4)9(14,15)16;7-6-4-2-1-3-5-6/h1-3H;6H,1-5,7H2. The molecule has 24 heavy (non-hydrogen) atoms. The molecule has 0 saturated heterocycles. The monoisotopic (exact) mass is 375 g/mol. The number of hydrogen-bond acceptors (Lipinski definition) is 2. The van der Waals surface area contributed by atoms with E-state index in [1.54, 1.807) is 0 Å². The number of rotatable bonds is 1. The third-order valence-corrected chi connectivity index (χ3v) is 3.68. The number of halogens is 7. The first-order chi connectivity index (χ1) is 10.9. The van der Waals surface area contributed by atoms with Crippen molar-refractivity contribution in [3.8, 4) is 0 Å². The SMILES string of the molecule is NC1CCCCC1.O=C(Cl)c1cc(C(F)(F)F)cc(C(F)(F)F)c1. The molecule has 1 aliphatic carbocycles. The van der Waals surface area contributed by atoms with Crippen LogP contribution in [-0.4, -0.2) is 11.3 Å². The number of alkyl halides is 6. The summed E-state index contributed by atoms with van der Waals surface area (Å²) in [5.74, 6) is 0. The van der Waals surface area contributed by atoms with E-state index in [1.807, 2.05) is 0 Å².